The Balaban J connectivity index is 1.70. The van der Waals surface area contributed by atoms with Crippen molar-refractivity contribution in [2.45, 2.75) is 45.0 Å². The highest BCUT2D eigenvalue weighted by molar-refractivity contribution is 6.05. The number of carbonyl (C=O) groups excluding carboxylic acids is 1. The Kier molecular flexibility index (Phi) is 5.39. The van der Waals surface area contributed by atoms with Crippen molar-refractivity contribution >= 4 is 28.0 Å². The number of rotatable bonds is 5. The number of ether oxygens (including phenoxy) is 1. The molecule has 2 aromatic carbocycles. The number of amides is 1. The summed E-state index contributed by atoms with van der Waals surface area (Å²) in [5.74, 6) is 0. The van der Waals surface area contributed by atoms with Crippen molar-refractivity contribution in [2.75, 3.05) is 6.54 Å². The van der Waals surface area contributed by atoms with Crippen LogP contribution in [0.4, 0.5) is 4.79 Å². The van der Waals surface area contributed by atoms with Crippen LogP contribution in [0, 0.1) is 0 Å². The van der Waals surface area contributed by atoms with Crippen LogP contribution < -0.4 is 5.32 Å². The smallest absolute Gasteiger partial charge is 0.407 e. The molecule has 6 nitrogen and oxygen atoms in total. The van der Waals surface area contributed by atoms with Gasteiger partial charge in [0.2, 0.25) is 0 Å². The molecule has 27 heavy (non-hydrogen) atoms. The summed E-state index contributed by atoms with van der Waals surface area (Å²) in [5.41, 5.74) is 1.23. The van der Waals surface area contributed by atoms with E-state index in [1.807, 2.05) is 36.4 Å². The minimum absolute atomic E-state index is 0.178. The lowest BCUT2D eigenvalue weighted by molar-refractivity contribution is 0.0126. The predicted octanol–water partition coefficient (Wildman–Crippen LogP) is 3.90. The molecule has 0 spiro atoms. The van der Waals surface area contributed by atoms with E-state index in [9.17, 15) is 15.0 Å². The minimum Gasteiger partial charge on any atom is -0.456 e. The summed E-state index contributed by atoms with van der Waals surface area (Å²) in [6.07, 6.45) is -2.56. The van der Waals surface area contributed by atoms with Gasteiger partial charge in [0.1, 0.15) is 22.9 Å². The Morgan fingerprint density at radius 2 is 1.81 bits per heavy atom. The van der Waals surface area contributed by atoms with Crippen molar-refractivity contribution in [3.63, 3.8) is 0 Å². The molecule has 3 rings (SSSR count). The van der Waals surface area contributed by atoms with Crippen molar-refractivity contribution in [1.29, 1.82) is 0 Å². The Bertz CT molecular complexity index is 941. The summed E-state index contributed by atoms with van der Waals surface area (Å²) >= 11 is 0. The third-order valence-corrected chi connectivity index (χ3v) is 4.23. The topological polar surface area (TPSA) is 91.9 Å². The molecule has 2 unspecified atom stereocenters. The fraction of sp³-hybridized carbons (Fsp3) is 0.381. The zero-order valence-electron chi connectivity index (χ0n) is 15.7. The fourth-order valence-electron chi connectivity index (χ4n) is 3.00. The second kappa shape index (κ2) is 7.58. The van der Waals surface area contributed by atoms with Crippen molar-refractivity contribution in [3.05, 3.63) is 48.0 Å². The summed E-state index contributed by atoms with van der Waals surface area (Å²) in [6.45, 7) is 5.51. The van der Waals surface area contributed by atoms with Crippen molar-refractivity contribution < 1.29 is 24.2 Å². The van der Waals surface area contributed by atoms with Crippen LogP contribution in [0.2, 0.25) is 0 Å². The second-order valence-electron chi connectivity index (χ2n) is 7.55. The van der Waals surface area contributed by atoms with E-state index in [2.05, 4.69) is 5.32 Å². The van der Waals surface area contributed by atoms with Gasteiger partial charge in [0, 0.05) is 22.9 Å². The fourth-order valence-corrected chi connectivity index (χ4v) is 3.00. The maximum Gasteiger partial charge on any atom is 0.407 e. The zero-order chi connectivity index (χ0) is 19.6. The lowest BCUT2D eigenvalue weighted by Crippen LogP contribution is -2.34. The molecule has 1 heterocycles. The maximum absolute atomic E-state index is 11.7. The molecule has 0 aliphatic carbocycles. The number of alkyl carbamates (subject to hydrolysis) is 1. The number of nitrogens with one attached hydrogen (secondary N) is 1. The number of aliphatic hydroxyl groups is 2. The van der Waals surface area contributed by atoms with Gasteiger partial charge in [0.25, 0.3) is 0 Å². The molecular formula is C21H25NO5. The number of furan rings is 1. The van der Waals surface area contributed by atoms with E-state index in [-0.39, 0.29) is 13.0 Å². The van der Waals surface area contributed by atoms with E-state index in [0.29, 0.717) is 11.1 Å². The van der Waals surface area contributed by atoms with Gasteiger partial charge in [-0.05, 0) is 33.3 Å². The first-order chi connectivity index (χ1) is 12.8. The Morgan fingerprint density at radius 1 is 1.11 bits per heavy atom. The summed E-state index contributed by atoms with van der Waals surface area (Å²) in [4.78, 5) is 11.7. The van der Waals surface area contributed by atoms with Crippen LogP contribution in [0.1, 0.15) is 38.9 Å². The summed E-state index contributed by atoms with van der Waals surface area (Å²) in [6, 6.07) is 13.1. The molecule has 0 radical (unpaired) electrons. The predicted molar refractivity (Wildman–Crippen MR) is 104 cm³/mol. The van der Waals surface area contributed by atoms with Gasteiger partial charge in [-0.1, -0.05) is 36.4 Å². The van der Waals surface area contributed by atoms with Gasteiger partial charge < -0.3 is 24.7 Å². The molecule has 0 saturated carbocycles. The minimum atomic E-state index is -1.13. The van der Waals surface area contributed by atoms with Crippen molar-refractivity contribution in [2.24, 2.45) is 0 Å². The van der Waals surface area contributed by atoms with E-state index in [1.54, 1.807) is 26.8 Å². The van der Waals surface area contributed by atoms with E-state index < -0.39 is 23.9 Å². The molecule has 2 atom stereocenters. The van der Waals surface area contributed by atoms with Crippen LogP contribution in [0.25, 0.3) is 21.9 Å². The van der Waals surface area contributed by atoms with Crippen LogP contribution in [0.3, 0.4) is 0 Å². The Morgan fingerprint density at radius 3 is 2.56 bits per heavy atom. The highest BCUT2D eigenvalue weighted by Crippen LogP contribution is 2.34. The first-order valence-electron chi connectivity index (χ1n) is 8.99. The summed E-state index contributed by atoms with van der Waals surface area (Å²) in [5, 5.41) is 25.4. The Hall–Kier alpha value is -2.57. The van der Waals surface area contributed by atoms with Crippen molar-refractivity contribution in [1.82, 2.24) is 5.32 Å². The molecule has 1 amide bonds. The first kappa shape index (κ1) is 19.2. The molecule has 0 aliphatic rings. The standard InChI is InChI=1S/C21H25NO5/c1-21(2,3)27-20(25)22-12-11-16(23)18(24)15-9-6-8-14-13-7-4-5-10-17(13)26-19(14)15/h4-10,16,18,23-24H,11-12H2,1-3H3,(H,22,25). The average Bonchev–Trinajstić information content (AvgIpc) is 2.98. The molecule has 6 heteroatoms. The molecule has 144 valence electrons. The molecule has 3 aromatic rings. The molecular weight excluding hydrogens is 346 g/mol. The van der Waals surface area contributed by atoms with Crippen LogP contribution >= 0.6 is 0 Å². The van der Waals surface area contributed by atoms with E-state index in [1.165, 1.54) is 0 Å². The quantitative estimate of drug-likeness (QED) is 0.633. The maximum atomic E-state index is 11.7. The van der Waals surface area contributed by atoms with Gasteiger partial charge in [-0.15, -0.1) is 0 Å². The average molecular weight is 371 g/mol. The number of hydrogen-bond acceptors (Lipinski definition) is 5. The second-order valence-corrected chi connectivity index (χ2v) is 7.55. The summed E-state index contributed by atoms with van der Waals surface area (Å²) in [7, 11) is 0. The molecule has 0 aliphatic heterocycles. The van der Waals surface area contributed by atoms with Gasteiger partial charge in [-0.3, -0.25) is 0 Å². The third kappa shape index (κ3) is 4.40. The van der Waals surface area contributed by atoms with Crippen LogP contribution in [0.5, 0.6) is 0 Å². The van der Waals surface area contributed by atoms with Gasteiger partial charge in [0.05, 0.1) is 6.10 Å². The van der Waals surface area contributed by atoms with E-state index >= 15 is 0 Å². The molecule has 3 N–H and O–H groups in total. The molecule has 1 aromatic heterocycles. The van der Waals surface area contributed by atoms with E-state index in [4.69, 9.17) is 9.15 Å². The molecule has 0 fully saturated rings. The molecule has 0 saturated heterocycles. The third-order valence-electron chi connectivity index (χ3n) is 4.23. The van der Waals surface area contributed by atoms with Crippen molar-refractivity contribution in [3.8, 4) is 0 Å². The van der Waals surface area contributed by atoms with Crippen LogP contribution in [0.15, 0.2) is 46.9 Å². The van der Waals surface area contributed by atoms with Crippen LogP contribution in [-0.2, 0) is 4.74 Å². The van der Waals surface area contributed by atoms with Gasteiger partial charge in [0.15, 0.2) is 0 Å². The number of hydrogen-bond donors (Lipinski definition) is 3. The normalized spacial score (nSPS) is 14.3. The Labute approximate surface area is 157 Å². The number of fused-ring (bicyclic) bond motifs is 3. The molecule has 0 bridgehead atoms. The van der Waals surface area contributed by atoms with E-state index in [0.717, 1.165) is 16.4 Å². The largest absolute Gasteiger partial charge is 0.456 e. The number of carbonyl (C=O) groups is 1. The van der Waals surface area contributed by atoms with Crippen LogP contribution in [-0.4, -0.2) is 34.6 Å². The van der Waals surface area contributed by atoms with Gasteiger partial charge in [-0.2, -0.15) is 0 Å². The number of para-hydroxylation sites is 2. The number of aliphatic hydroxyl groups excluding tert-OH is 2. The lowest BCUT2D eigenvalue weighted by Gasteiger charge is -2.21. The lowest BCUT2D eigenvalue weighted by atomic mass is 9.99. The summed E-state index contributed by atoms with van der Waals surface area (Å²) < 4.78 is 11.0. The number of benzene rings is 2. The van der Waals surface area contributed by atoms with Gasteiger partial charge in [-0.25, -0.2) is 4.79 Å². The monoisotopic (exact) mass is 371 g/mol. The SMILES string of the molecule is CC(C)(C)OC(=O)NCCC(O)C(O)c1cccc2c1oc1ccccc12. The van der Waals surface area contributed by atoms with Gasteiger partial charge >= 0.3 is 6.09 Å². The first-order valence-corrected chi connectivity index (χ1v) is 8.99. The highest BCUT2D eigenvalue weighted by Gasteiger charge is 2.23. The highest BCUT2D eigenvalue weighted by atomic mass is 16.6. The zero-order valence-corrected chi connectivity index (χ0v) is 15.7.